The summed E-state index contributed by atoms with van der Waals surface area (Å²) >= 11 is 20.1. The number of benzene rings is 2. The molecule has 4 saturated heterocycles. The number of rotatable bonds is 14. The number of ether oxygens (including phenoxy) is 4. The number of amides is 1. The molecular formula is C48H58Cl3F3N24O7S2. The summed E-state index contributed by atoms with van der Waals surface area (Å²) in [6.45, 7) is 13.9. The summed E-state index contributed by atoms with van der Waals surface area (Å²) in [6, 6.07) is 11.4. The van der Waals surface area contributed by atoms with Crippen LogP contribution in [-0.2, 0) is 19.0 Å². The predicted molar refractivity (Wildman–Crippen MR) is 318 cm³/mol. The monoisotopic (exact) mass is 1310 g/mol. The zero-order valence-corrected chi connectivity index (χ0v) is 50.8. The fourth-order valence-electron chi connectivity index (χ4n) is 8.59. The predicted octanol–water partition coefficient (Wildman–Crippen LogP) is 11.5. The topological polar surface area (TPSA) is 374 Å². The van der Waals surface area contributed by atoms with Crippen molar-refractivity contribution in [2.75, 3.05) is 106 Å². The molecule has 2 aromatic carbocycles. The molecule has 87 heavy (non-hydrogen) atoms. The summed E-state index contributed by atoms with van der Waals surface area (Å²) in [5.41, 5.74) is 8.15. The number of fused-ring (bicyclic) bond motifs is 2. The number of piperidine rings is 2. The molecule has 6 aromatic rings. The van der Waals surface area contributed by atoms with E-state index in [4.69, 9.17) is 84.2 Å². The van der Waals surface area contributed by atoms with Crippen LogP contribution in [0.1, 0.15) is 46.5 Å². The number of aromatic amines is 1. The number of aldehydes is 1. The molecule has 4 aromatic heterocycles. The summed E-state index contributed by atoms with van der Waals surface area (Å²) < 4.78 is 58.3. The third-order valence-electron chi connectivity index (χ3n) is 12.3. The minimum atomic E-state index is -4.64. The maximum absolute atomic E-state index is 13.2. The van der Waals surface area contributed by atoms with E-state index in [-0.39, 0.29) is 23.7 Å². The number of aromatic nitrogens is 6. The average Bonchev–Trinajstić information content (AvgIpc) is 2.16. The number of morpholine rings is 2. The number of H-pyrrole nitrogens is 1. The molecule has 0 spiro atoms. The SMILES string of the molecule is COc1nc(N2CCOCC2)nc(N[C@@H]2CCCN(C(=O)OC(C)(C)C)C2)c1-c1nc2cc(Cl)ccc2s1.N=N/N=N/N=N/N=N/N=N/N=NCl.O=CC(F)(F)F.O=c1[nH]c(N2CCOCC2)nc(N[C@@H]2CCCNC2)c1-c1nc2cc(Cl)ccc2s1. The molecule has 0 radical (unpaired) electrons. The third kappa shape index (κ3) is 20.7. The number of nitrogens with one attached hydrogen (secondary N) is 5. The van der Waals surface area contributed by atoms with E-state index in [0.717, 1.165) is 64.2 Å². The van der Waals surface area contributed by atoms with E-state index in [0.29, 0.717) is 121 Å². The van der Waals surface area contributed by atoms with E-state index < -0.39 is 18.1 Å². The molecule has 2 atom stereocenters. The number of thiazole rings is 2. The second-order valence-electron chi connectivity index (χ2n) is 19.6. The lowest BCUT2D eigenvalue weighted by Crippen LogP contribution is -2.47. The van der Waals surface area contributed by atoms with Gasteiger partial charge >= 0.3 is 12.3 Å². The summed E-state index contributed by atoms with van der Waals surface area (Å²) in [7, 11) is 1.60. The number of carbonyl (C=O) groups excluding carboxylic acids is 2. The Bertz CT molecular complexity index is 3480. The van der Waals surface area contributed by atoms with Gasteiger partial charge in [-0.25, -0.2) is 14.8 Å². The number of likely N-dealkylation sites (tertiary alicyclic amines) is 1. The fourth-order valence-corrected chi connectivity index (χ4v) is 10.9. The van der Waals surface area contributed by atoms with Gasteiger partial charge in [0.15, 0.2) is 0 Å². The van der Waals surface area contributed by atoms with E-state index >= 15 is 0 Å². The maximum Gasteiger partial charge on any atom is 0.446 e. The lowest BCUT2D eigenvalue weighted by Gasteiger charge is -2.35. The van der Waals surface area contributed by atoms with E-state index in [9.17, 15) is 22.8 Å². The van der Waals surface area contributed by atoms with Crippen molar-refractivity contribution in [2.45, 2.75) is 70.3 Å². The molecule has 10 rings (SSSR count). The smallest absolute Gasteiger partial charge is 0.446 e. The van der Waals surface area contributed by atoms with Gasteiger partial charge in [0, 0.05) is 67.9 Å². The van der Waals surface area contributed by atoms with Gasteiger partial charge in [0.2, 0.25) is 24.1 Å². The van der Waals surface area contributed by atoms with Crippen LogP contribution in [0.25, 0.3) is 41.6 Å². The molecule has 466 valence electrons. The molecule has 1 amide bonds. The third-order valence-corrected chi connectivity index (χ3v) is 14.9. The van der Waals surface area contributed by atoms with Crippen LogP contribution in [0, 0.1) is 5.53 Å². The van der Waals surface area contributed by atoms with Crippen LogP contribution in [0.2, 0.25) is 10.0 Å². The Hall–Kier alpha value is -7.74. The highest BCUT2D eigenvalue weighted by molar-refractivity contribution is 7.22. The largest absolute Gasteiger partial charge is 0.480 e. The standard InChI is InChI=1S/C26H33ClN6O4S.C20H23ClN6O2S.C2HF3O.ClHN12/c1-26(2,3)37-25(34)33-9-5-6-17(15-33)28-21-20(23-29-18-14-16(27)7-8-19(18)38-23)22(35-4)31-24(30-21)32-10-12-36-13-11-32;21-12-3-4-15-14(10-12)24-19(30-15)16-17(23-13-2-1-5-22-11-13)25-20(26-18(16)28)27-6-8-29-9-7-27;3-2(4,5)1-6;1-3-5-7-9-11-13-12-10-8-6-4-2/h7-8,14,17H,5-6,9-13,15H2,1-4H3,(H,28,30,31);3-4,10,13,22H,1-2,5-9,11H2,(H2,23,25,26,28);1H;2H/b;;;4-2?,5-3?,8-6+,9-7+,12-10+,13-11+/t17-;13-;;/m11../s1. The minimum absolute atomic E-state index is 0.0315. The number of nitrogens with zero attached hydrogens (tertiary/aromatic N) is 19. The zero-order valence-electron chi connectivity index (χ0n) is 46.9. The van der Waals surface area contributed by atoms with Crippen LogP contribution in [0.5, 0.6) is 5.88 Å². The molecule has 0 unspecified atom stereocenters. The van der Waals surface area contributed by atoms with Gasteiger partial charge in [-0.1, -0.05) is 27.8 Å². The average molecular weight is 1310 g/mol. The van der Waals surface area contributed by atoms with Crippen molar-refractivity contribution in [2.24, 2.45) is 56.9 Å². The minimum Gasteiger partial charge on any atom is -0.480 e. The lowest BCUT2D eigenvalue weighted by molar-refractivity contribution is -0.156. The van der Waals surface area contributed by atoms with Gasteiger partial charge in [0.25, 0.3) is 5.56 Å². The molecule has 4 aliphatic rings. The molecule has 0 saturated carbocycles. The summed E-state index contributed by atoms with van der Waals surface area (Å²) in [5.74, 6) is 2.79. The number of anilines is 4. The maximum atomic E-state index is 13.2. The van der Waals surface area contributed by atoms with Crippen molar-refractivity contribution in [3.63, 3.8) is 0 Å². The van der Waals surface area contributed by atoms with Crippen LogP contribution in [0.3, 0.4) is 0 Å². The molecule has 31 nitrogen and oxygen atoms in total. The Morgan fingerprint density at radius 2 is 1.30 bits per heavy atom. The van der Waals surface area contributed by atoms with Gasteiger partial charge in [0.05, 0.1) is 65.7 Å². The highest BCUT2D eigenvalue weighted by atomic mass is 35.5. The Kier molecular flexibility index (Phi) is 25.2. The van der Waals surface area contributed by atoms with Crippen molar-refractivity contribution in [3.05, 3.63) is 56.8 Å². The zero-order chi connectivity index (χ0) is 62.3. The molecule has 5 N–H and O–H groups in total. The van der Waals surface area contributed by atoms with Crippen molar-refractivity contribution in [1.29, 1.82) is 5.53 Å². The van der Waals surface area contributed by atoms with E-state index in [2.05, 4.69) is 92.6 Å². The van der Waals surface area contributed by atoms with Gasteiger partial charge < -0.3 is 49.6 Å². The number of carbonyl (C=O) groups is 2. The second-order valence-corrected chi connectivity index (χ2v) is 22.7. The van der Waals surface area contributed by atoms with E-state index in [1.807, 2.05) is 57.2 Å². The van der Waals surface area contributed by atoms with Crippen LogP contribution in [0.4, 0.5) is 41.5 Å². The van der Waals surface area contributed by atoms with E-state index in [1.54, 1.807) is 12.0 Å². The number of hydrogen-bond acceptors (Lipinski definition) is 21. The first-order valence-electron chi connectivity index (χ1n) is 26.5. The van der Waals surface area contributed by atoms with Gasteiger partial charge in [-0.15, -0.1) is 22.7 Å². The van der Waals surface area contributed by atoms with Crippen molar-refractivity contribution < 1.29 is 41.7 Å². The number of hydrogen-bond donors (Lipinski definition) is 5. The van der Waals surface area contributed by atoms with Crippen LogP contribution >= 0.6 is 57.7 Å². The normalized spacial score (nSPS) is 17.7. The quantitative estimate of drug-likeness (QED) is 0.0384. The molecule has 8 heterocycles. The first-order valence-corrected chi connectivity index (χ1v) is 29.2. The highest BCUT2D eigenvalue weighted by Gasteiger charge is 2.31. The Labute approximate surface area is 516 Å². The van der Waals surface area contributed by atoms with Crippen molar-refractivity contribution in [1.82, 2.24) is 40.1 Å². The molecule has 0 aliphatic carbocycles. The Morgan fingerprint density at radius 3 is 1.84 bits per heavy atom. The van der Waals surface area contributed by atoms with Gasteiger partial charge in [-0.3, -0.25) is 14.6 Å². The molecule has 4 fully saturated rings. The first kappa shape index (κ1) is 66.8. The van der Waals surface area contributed by atoms with Crippen LogP contribution in [0.15, 0.2) is 98.1 Å². The lowest BCUT2D eigenvalue weighted by atomic mass is 10.1. The molecule has 0 bridgehead atoms. The fraction of sp³-hybridized carbons (Fsp3) is 0.500. The Morgan fingerprint density at radius 1 is 0.759 bits per heavy atom. The van der Waals surface area contributed by atoms with E-state index in [1.165, 1.54) is 22.7 Å². The highest BCUT2D eigenvalue weighted by Crippen LogP contribution is 2.42. The van der Waals surface area contributed by atoms with Crippen molar-refractivity contribution >= 4 is 114 Å². The van der Waals surface area contributed by atoms with Crippen LogP contribution < -0.4 is 36.0 Å². The molecule has 4 aliphatic heterocycles. The van der Waals surface area contributed by atoms with Crippen LogP contribution in [-0.4, -0.2) is 157 Å². The molecular weight excluding hydrogens is 1250 g/mol. The number of methoxy groups -OCH3 is 1. The van der Waals surface area contributed by atoms with Gasteiger partial charge in [-0.05, 0) is 142 Å². The molecule has 39 heteroatoms. The number of alkyl halides is 3. The van der Waals surface area contributed by atoms with Gasteiger partial charge in [-0.2, -0.15) is 33.7 Å². The van der Waals surface area contributed by atoms with Crippen molar-refractivity contribution in [3.8, 4) is 27.0 Å². The van der Waals surface area contributed by atoms with Gasteiger partial charge in [0.1, 0.15) is 38.4 Å². The first-order chi connectivity index (χ1) is 41.8. The summed E-state index contributed by atoms with van der Waals surface area (Å²) in [6.07, 6.45) is -2.15. The summed E-state index contributed by atoms with van der Waals surface area (Å²) in [4.78, 5) is 67.7. The Balaban J connectivity index is 0.000000195. The second kappa shape index (κ2) is 32.8. The summed E-state index contributed by atoms with van der Waals surface area (Å²) in [5, 5.41) is 41.7. The number of halogens is 6.